The normalized spacial score (nSPS) is 16.6. The number of esters is 1. The molecule has 4 heteroatoms. The summed E-state index contributed by atoms with van der Waals surface area (Å²) in [6, 6.07) is 12.0. The summed E-state index contributed by atoms with van der Waals surface area (Å²) in [5, 5.41) is 0. The van der Waals surface area contributed by atoms with E-state index in [0.29, 0.717) is 12.2 Å². The Kier molecular flexibility index (Phi) is 6.13. The van der Waals surface area contributed by atoms with Gasteiger partial charge < -0.3 is 9.47 Å². The van der Waals surface area contributed by atoms with Crippen molar-refractivity contribution in [2.75, 3.05) is 13.7 Å². The van der Waals surface area contributed by atoms with Gasteiger partial charge in [0.25, 0.3) is 0 Å². The molecule has 0 heterocycles. The van der Waals surface area contributed by atoms with Crippen LogP contribution in [0.1, 0.15) is 67.6 Å². The maximum Gasteiger partial charge on any atom is 0.337 e. The molecule has 2 aromatic carbocycles. The molecular weight excluding hydrogens is 475 g/mol. The maximum atomic E-state index is 11.7. The number of rotatable bonds is 5. The van der Waals surface area contributed by atoms with Crippen LogP contribution in [-0.4, -0.2) is 19.7 Å². The Morgan fingerprint density at radius 3 is 2.24 bits per heavy atom. The minimum atomic E-state index is -0.349. The summed E-state index contributed by atoms with van der Waals surface area (Å²) in [4.78, 5) is 11.7. The lowest BCUT2D eigenvalue weighted by molar-refractivity contribution is 0.0600. The molecular formula is C25H29IO3. The minimum Gasteiger partial charge on any atom is -0.488 e. The fourth-order valence-corrected chi connectivity index (χ4v) is 4.59. The number of fused-ring (bicyclic) bond motifs is 1. The summed E-state index contributed by atoms with van der Waals surface area (Å²) in [6.07, 6.45) is 2.39. The Balaban J connectivity index is 1.78. The Bertz CT molecular complexity index is 957. The van der Waals surface area contributed by atoms with E-state index in [1.54, 1.807) is 18.2 Å². The molecule has 0 bridgehead atoms. The van der Waals surface area contributed by atoms with Crippen molar-refractivity contribution in [2.45, 2.75) is 51.4 Å². The molecule has 0 aliphatic heterocycles. The van der Waals surface area contributed by atoms with E-state index in [2.05, 4.69) is 75.1 Å². The first-order valence-electron chi connectivity index (χ1n) is 9.89. The van der Waals surface area contributed by atoms with Crippen molar-refractivity contribution in [3.63, 3.8) is 0 Å². The molecule has 0 radical (unpaired) electrons. The van der Waals surface area contributed by atoms with Crippen LogP contribution in [0.3, 0.4) is 0 Å². The third-order valence-corrected chi connectivity index (χ3v) is 6.86. The van der Waals surface area contributed by atoms with Crippen LogP contribution in [0.2, 0.25) is 0 Å². The first-order chi connectivity index (χ1) is 13.5. The molecule has 3 rings (SSSR count). The summed E-state index contributed by atoms with van der Waals surface area (Å²) in [5.41, 5.74) is 5.82. The van der Waals surface area contributed by atoms with Gasteiger partial charge >= 0.3 is 5.97 Å². The van der Waals surface area contributed by atoms with Crippen LogP contribution in [0.25, 0.3) is 5.57 Å². The van der Waals surface area contributed by atoms with E-state index >= 15 is 0 Å². The van der Waals surface area contributed by atoms with Crippen LogP contribution in [0.5, 0.6) is 5.75 Å². The Morgan fingerprint density at radius 2 is 1.62 bits per heavy atom. The second-order valence-electron chi connectivity index (χ2n) is 9.06. The molecule has 0 amide bonds. The molecule has 1 aliphatic carbocycles. The number of carbonyl (C=O) groups is 1. The van der Waals surface area contributed by atoms with Crippen LogP contribution in [0, 0.1) is 3.57 Å². The molecule has 0 saturated heterocycles. The van der Waals surface area contributed by atoms with Gasteiger partial charge in [0.05, 0.1) is 16.2 Å². The standard InChI is InChI=1S/C25H29IO3/c1-16(15-29-22-10-8-18(14-21(22)26)23(27)28-6)17-7-9-19-20(13-17)25(4,5)12-11-24(19,2)3/h7-10,13-14H,1,11-12,15H2,2-6H3. The topological polar surface area (TPSA) is 35.5 Å². The van der Waals surface area contributed by atoms with Crippen molar-refractivity contribution in [3.8, 4) is 5.75 Å². The van der Waals surface area contributed by atoms with Gasteiger partial charge in [-0.05, 0) is 86.7 Å². The van der Waals surface area contributed by atoms with Crippen LogP contribution >= 0.6 is 22.6 Å². The van der Waals surface area contributed by atoms with Gasteiger partial charge in [0.2, 0.25) is 0 Å². The van der Waals surface area contributed by atoms with Crippen molar-refractivity contribution in [1.29, 1.82) is 0 Å². The largest absolute Gasteiger partial charge is 0.488 e. The first-order valence-corrected chi connectivity index (χ1v) is 11.0. The van der Waals surface area contributed by atoms with Gasteiger partial charge in [0.15, 0.2) is 0 Å². The lowest BCUT2D eigenvalue weighted by Gasteiger charge is -2.42. The molecule has 0 spiro atoms. The molecule has 0 N–H and O–H groups in total. The zero-order chi connectivity index (χ0) is 21.4. The second kappa shape index (κ2) is 8.13. The summed E-state index contributed by atoms with van der Waals surface area (Å²) < 4.78 is 11.6. The summed E-state index contributed by atoms with van der Waals surface area (Å²) in [5.74, 6) is 0.386. The van der Waals surface area contributed by atoms with Gasteiger partial charge in [-0.1, -0.05) is 52.5 Å². The molecule has 0 unspecified atom stereocenters. The van der Waals surface area contributed by atoms with Crippen molar-refractivity contribution in [1.82, 2.24) is 0 Å². The Hall–Kier alpha value is -1.82. The summed E-state index contributed by atoms with van der Waals surface area (Å²) >= 11 is 2.17. The SMILES string of the molecule is C=C(COc1ccc(C(=O)OC)cc1I)c1ccc2c(c1)C(C)(C)CCC2(C)C. The van der Waals surface area contributed by atoms with E-state index in [1.807, 2.05) is 0 Å². The number of methoxy groups -OCH3 is 1. The molecule has 0 aromatic heterocycles. The summed E-state index contributed by atoms with van der Waals surface area (Å²) in [7, 11) is 1.38. The molecule has 0 atom stereocenters. The van der Waals surface area contributed by atoms with E-state index in [9.17, 15) is 4.79 Å². The van der Waals surface area contributed by atoms with Crippen LogP contribution in [0.4, 0.5) is 0 Å². The highest BCUT2D eigenvalue weighted by atomic mass is 127. The van der Waals surface area contributed by atoms with Crippen molar-refractivity contribution < 1.29 is 14.3 Å². The first kappa shape index (κ1) is 21.9. The lowest BCUT2D eigenvalue weighted by Crippen LogP contribution is -2.33. The highest BCUT2D eigenvalue weighted by molar-refractivity contribution is 14.1. The predicted molar refractivity (Wildman–Crippen MR) is 127 cm³/mol. The average Bonchev–Trinajstić information content (AvgIpc) is 2.69. The monoisotopic (exact) mass is 504 g/mol. The fourth-order valence-electron chi connectivity index (χ4n) is 3.92. The number of hydrogen-bond donors (Lipinski definition) is 0. The van der Waals surface area contributed by atoms with Crippen molar-refractivity contribution >= 4 is 34.1 Å². The van der Waals surface area contributed by atoms with Crippen molar-refractivity contribution in [3.05, 3.63) is 68.8 Å². The molecule has 0 fully saturated rings. The van der Waals surface area contributed by atoms with E-state index in [-0.39, 0.29) is 16.8 Å². The number of carbonyl (C=O) groups excluding carboxylic acids is 1. The molecule has 0 saturated carbocycles. The van der Waals surface area contributed by atoms with Crippen LogP contribution in [0.15, 0.2) is 43.0 Å². The summed E-state index contributed by atoms with van der Waals surface area (Å²) in [6.45, 7) is 14.0. The zero-order valence-electron chi connectivity index (χ0n) is 17.9. The Morgan fingerprint density at radius 1 is 1.00 bits per heavy atom. The highest BCUT2D eigenvalue weighted by Gasteiger charge is 2.37. The van der Waals surface area contributed by atoms with Crippen molar-refractivity contribution in [2.24, 2.45) is 0 Å². The third kappa shape index (κ3) is 4.52. The highest BCUT2D eigenvalue weighted by Crippen LogP contribution is 2.46. The van der Waals surface area contributed by atoms with Crippen LogP contribution < -0.4 is 4.74 Å². The van der Waals surface area contributed by atoms with Gasteiger partial charge in [-0.25, -0.2) is 4.79 Å². The van der Waals surface area contributed by atoms with E-state index < -0.39 is 0 Å². The molecule has 29 heavy (non-hydrogen) atoms. The van der Waals surface area contributed by atoms with Gasteiger partial charge in [0.1, 0.15) is 12.4 Å². The average molecular weight is 504 g/mol. The zero-order valence-corrected chi connectivity index (χ0v) is 20.1. The van der Waals surface area contributed by atoms with Gasteiger partial charge in [-0.2, -0.15) is 0 Å². The fraction of sp³-hybridized carbons (Fsp3) is 0.400. The maximum absolute atomic E-state index is 11.7. The molecule has 2 aromatic rings. The molecule has 1 aliphatic rings. The number of halogens is 1. The van der Waals surface area contributed by atoms with Gasteiger partial charge in [0, 0.05) is 0 Å². The smallest absolute Gasteiger partial charge is 0.337 e. The Labute approximate surface area is 187 Å². The van der Waals surface area contributed by atoms with E-state index in [1.165, 1.54) is 31.1 Å². The number of ether oxygens (including phenoxy) is 2. The van der Waals surface area contributed by atoms with E-state index in [4.69, 9.17) is 9.47 Å². The minimum absolute atomic E-state index is 0.168. The lowest BCUT2D eigenvalue weighted by atomic mass is 9.63. The van der Waals surface area contributed by atoms with Crippen LogP contribution in [-0.2, 0) is 15.6 Å². The quantitative estimate of drug-likeness (QED) is 0.344. The molecule has 154 valence electrons. The van der Waals surface area contributed by atoms with Gasteiger partial charge in [-0.3, -0.25) is 0 Å². The van der Waals surface area contributed by atoms with Gasteiger partial charge in [-0.15, -0.1) is 0 Å². The third-order valence-electron chi connectivity index (χ3n) is 6.02. The molecule has 3 nitrogen and oxygen atoms in total. The second-order valence-corrected chi connectivity index (χ2v) is 10.2. The number of benzene rings is 2. The van der Waals surface area contributed by atoms with E-state index in [0.717, 1.165) is 20.5 Å². The predicted octanol–water partition coefficient (Wildman–Crippen LogP) is 6.52. The number of hydrogen-bond acceptors (Lipinski definition) is 3.